The molecule has 0 radical (unpaired) electrons. The summed E-state index contributed by atoms with van der Waals surface area (Å²) in [6.45, 7) is 3.63. The Morgan fingerprint density at radius 3 is 2.71 bits per heavy atom. The van der Waals surface area contributed by atoms with E-state index in [2.05, 4.69) is 20.5 Å². The molecule has 0 aliphatic heterocycles. The Morgan fingerprint density at radius 2 is 1.94 bits per heavy atom. The van der Waals surface area contributed by atoms with E-state index in [9.17, 15) is 9.59 Å². The second kappa shape index (κ2) is 8.97. The molecule has 0 aliphatic rings. The van der Waals surface area contributed by atoms with E-state index in [0.29, 0.717) is 27.7 Å². The molecule has 0 atom stereocenters. The van der Waals surface area contributed by atoms with Crippen molar-refractivity contribution in [1.29, 1.82) is 0 Å². The number of nitrogens with one attached hydrogen (secondary N) is 2. The van der Waals surface area contributed by atoms with Gasteiger partial charge in [-0.3, -0.25) is 19.0 Å². The van der Waals surface area contributed by atoms with Gasteiger partial charge in [-0.05, 0) is 31.0 Å². The number of aryl methyl sites for hydroxylation is 2. The van der Waals surface area contributed by atoms with Crippen molar-refractivity contribution in [2.75, 3.05) is 5.43 Å². The number of H-pyrrole nitrogens is 1. The van der Waals surface area contributed by atoms with Crippen LogP contribution in [0.3, 0.4) is 0 Å². The Balaban J connectivity index is 1.71. The molecule has 8 nitrogen and oxygen atoms in total. The van der Waals surface area contributed by atoms with E-state index in [1.54, 1.807) is 13.1 Å². The van der Waals surface area contributed by atoms with Crippen molar-refractivity contribution in [3.05, 3.63) is 97.8 Å². The average Bonchev–Trinajstić information content (AvgIpc) is 2.75. The zero-order valence-corrected chi connectivity index (χ0v) is 17.8. The zero-order chi connectivity index (χ0) is 21.8. The number of thioether (sulfide) groups is 1. The molecular formula is C22H20N6O2S. The number of hydrazone groups is 1. The SMILES string of the molecule is Cc1cc(=O)[nH]c(NN=Cc2c(SCc3ccccc3)nc3c(C)cccn3c2=O)n1. The summed E-state index contributed by atoms with van der Waals surface area (Å²) in [6, 6.07) is 15.1. The first-order valence-electron chi connectivity index (χ1n) is 9.57. The molecular weight excluding hydrogens is 412 g/mol. The molecule has 4 rings (SSSR count). The second-order valence-electron chi connectivity index (χ2n) is 6.90. The molecule has 3 heterocycles. The summed E-state index contributed by atoms with van der Waals surface area (Å²) in [6.07, 6.45) is 3.10. The average molecular weight is 433 g/mol. The van der Waals surface area contributed by atoms with Gasteiger partial charge in [0.05, 0.1) is 11.8 Å². The van der Waals surface area contributed by atoms with Gasteiger partial charge >= 0.3 is 0 Å². The van der Waals surface area contributed by atoms with Crippen LogP contribution in [-0.2, 0) is 5.75 Å². The lowest BCUT2D eigenvalue weighted by atomic mass is 10.2. The predicted octanol–water partition coefficient (Wildman–Crippen LogP) is 3.13. The largest absolute Gasteiger partial charge is 0.291 e. The van der Waals surface area contributed by atoms with E-state index in [1.165, 1.54) is 28.4 Å². The predicted molar refractivity (Wildman–Crippen MR) is 123 cm³/mol. The molecule has 0 amide bonds. The highest BCUT2D eigenvalue weighted by atomic mass is 32.2. The van der Waals surface area contributed by atoms with Crippen LogP contribution >= 0.6 is 11.8 Å². The molecule has 31 heavy (non-hydrogen) atoms. The van der Waals surface area contributed by atoms with Crippen LogP contribution in [0.5, 0.6) is 0 Å². The van der Waals surface area contributed by atoms with Gasteiger partial charge in [-0.2, -0.15) is 5.10 Å². The normalized spacial score (nSPS) is 11.3. The summed E-state index contributed by atoms with van der Waals surface area (Å²) >= 11 is 1.47. The summed E-state index contributed by atoms with van der Waals surface area (Å²) in [5.41, 5.74) is 5.73. The van der Waals surface area contributed by atoms with Gasteiger partial charge in [0.25, 0.3) is 11.1 Å². The fourth-order valence-corrected chi connectivity index (χ4v) is 3.97. The Kier molecular flexibility index (Phi) is 5.94. The van der Waals surface area contributed by atoms with Gasteiger partial charge in [0.1, 0.15) is 10.7 Å². The van der Waals surface area contributed by atoms with Crippen LogP contribution in [0.15, 0.2) is 74.4 Å². The fraction of sp³-hybridized carbons (Fsp3) is 0.136. The molecule has 0 unspecified atom stereocenters. The molecule has 156 valence electrons. The minimum Gasteiger partial charge on any atom is -0.291 e. The third kappa shape index (κ3) is 4.72. The van der Waals surface area contributed by atoms with E-state index in [4.69, 9.17) is 4.98 Å². The highest BCUT2D eigenvalue weighted by Crippen LogP contribution is 2.23. The summed E-state index contributed by atoms with van der Waals surface area (Å²) in [4.78, 5) is 36.2. The van der Waals surface area contributed by atoms with Crippen molar-refractivity contribution in [2.24, 2.45) is 5.10 Å². The van der Waals surface area contributed by atoms with Crippen molar-refractivity contribution in [2.45, 2.75) is 24.6 Å². The first-order chi connectivity index (χ1) is 15.0. The molecule has 0 saturated heterocycles. The molecule has 0 spiro atoms. The number of benzene rings is 1. The molecule has 0 bridgehead atoms. The van der Waals surface area contributed by atoms with Gasteiger partial charge < -0.3 is 0 Å². The van der Waals surface area contributed by atoms with Crippen molar-refractivity contribution >= 4 is 29.6 Å². The van der Waals surface area contributed by atoms with Gasteiger partial charge in [0.2, 0.25) is 5.95 Å². The van der Waals surface area contributed by atoms with E-state index < -0.39 is 0 Å². The summed E-state index contributed by atoms with van der Waals surface area (Å²) in [5.74, 6) is 0.862. The molecule has 0 fully saturated rings. The number of pyridine rings is 1. The zero-order valence-electron chi connectivity index (χ0n) is 17.0. The number of aromatic nitrogens is 4. The van der Waals surface area contributed by atoms with Crippen LogP contribution in [0, 0.1) is 13.8 Å². The second-order valence-corrected chi connectivity index (χ2v) is 7.86. The number of nitrogens with zero attached hydrogens (tertiary/aromatic N) is 4. The summed E-state index contributed by atoms with van der Waals surface area (Å²) in [7, 11) is 0. The number of anilines is 1. The Hall–Kier alpha value is -3.72. The van der Waals surface area contributed by atoms with E-state index in [0.717, 1.165) is 11.1 Å². The highest BCUT2D eigenvalue weighted by Gasteiger charge is 2.13. The minimum atomic E-state index is -0.285. The van der Waals surface area contributed by atoms with Crippen LogP contribution < -0.4 is 16.5 Å². The van der Waals surface area contributed by atoms with Gasteiger partial charge in [-0.15, -0.1) is 11.8 Å². The Bertz CT molecular complexity index is 1380. The molecule has 4 aromatic rings. The molecule has 9 heteroatoms. The first kappa shape index (κ1) is 20.5. The first-order valence-corrected chi connectivity index (χ1v) is 10.6. The molecule has 3 aromatic heterocycles. The molecule has 2 N–H and O–H groups in total. The molecule has 0 aliphatic carbocycles. The highest BCUT2D eigenvalue weighted by molar-refractivity contribution is 7.98. The molecule has 0 saturated carbocycles. The van der Waals surface area contributed by atoms with Gasteiger partial charge in [-0.25, -0.2) is 15.4 Å². The van der Waals surface area contributed by atoms with Crippen molar-refractivity contribution < 1.29 is 0 Å². The Labute approximate surface area is 182 Å². The summed E-state index contributed by atoms with van der Waals surface area (Å²) in [5, 5.41) is 4.71. The third-order valence-corrected chi connectivity index (χ3v) is 5.56. The number of fused-ring (bicyclic) bond motifs is 1. The third-order valence-electron chi connectivity index (χ3n) is 4.50. The quantitative estimate of drug-likeness (QED) is 0.210. The summed E-state index contributed by atoms with van der Waals surface area (Å²) < 4.78 is 1.51. The van der Waals surface area contributed by atoms with Crippen LogP contribution in [0.4, 0.5) is 5.95 Å². The number of rotatable bonds is 6. The monoisotopic (exact) mass is 432 g/mol. The van der Waals surface area contributed by atoms with Crippen LogP contribution in [0.1, 0.15) is 22.4 Å². The van der Waals surface area contributed by atoms with Gasteiger partial charge in [-0.1, -0.05) is 36.4 Å². The van der Waals surface area contributed by atoms with Crippen LogP contribution in [0.2, 0.25) is 0 Å². The number of hydrogen-bond acceptors (Lipinski definition) is 7. The lowest BCUT2D eigenvalue weighted by Crippen LogP contribution is -2.21. The standard InChI is InChI=1S/C22H20N6O2S/c1-14-7-6-10-28-19(14)26-20(31-13-16-8-4-3-5-9-16)17(21(28)30)12-23-27-22-24-15(2)11-18(29)25-22/h3-12H,13H2,1-2H3,(H2,24,25,27,29). The maximum Gasteiger partial charge on any atom is 0.267 e. The van der Waals surface area contributed by atoms with Crippen LogP contribution in [0.25, 0.3) is 5.65 Å². The van der Waals surface area contributed by atoms with E-state index in [-0.39, 0.29) is 17.1 Å². The maximum absolute atomic E-state index is 13.2. The molecule has 1 aromatic carbocycles. The van der Waals surface area contributed by atoms with Crippen molar-refractivity contribution in [3.8, 4) is 0 Å². The van der Waals surface area contributed by atoms with Gasteiger partial charge in [0.15, 0.2) is 0 Å². The van der Waals surface area contributed by atoms with Crippen molar-refractivity contribution in [3.63, 3.8) is 0 Å². The lowest BCUT2D eigenvalue weighted by Gasteiger charge is -2.09. The smallest absolute Gasteiger partial charge is 0.267 e. The lowest BCUT2D eigenvalue weighted by molar-refractivity contribution is 0.966. The van der Waals surface area contributed by atoms with Gasteiger partial charge in [0, 0.05) is 23.7 Å². The van der Waals surface area contributed by atoms with Crippen LogP contribution in [-0.4, -0.2) is 25.6 Å². The number of hydrogen-bond donors (Lipinski definition) is 2. The number of aromatic amines is 1. The fourth-order valence-electron chi connectivity index (χ4n) is 3.03. The maximum atomic E-state index is 13.2. The van der Waals surface area contributed by atoms with Crippen molar-refractivity contribution in [1.82, 2.24) is 19.4 Å². The minimum absolute atomic E-state index is 0.199. The Morgan fingerprint density at radius 1 is 1.13 bits per heavy atom. The topological polar surface area (TPSA) is 105 Å². The van der Waals surface area contributed by atoms with E-state index >= 15 is 0 Å². The van der Waals surface area contributed by atoms with E-state index in [1.807, 2.05) is 49.4 Å².